The number of benzene rings is 2. The lowest BCUT2D eigenvalue weighted by molar-refractivity contribution is 0.106. The Balaban J connectivity index is 1.75. The second-order valence-electron chi connectivity index (χ2n) is 4.88. The van der Waals surface area contributed by atoms with Crippen LogP contribution in [0.15, 0.2) is 36.4 Å². The van der Waals surface area contributed by atoms with Crippen LogP contribution in [0, 0.1) is 23.3 Å². The number of hydrogen-bond donors (Lipinski definition) is 2. The van der Waals surface area contributed by atoms with Crippen molar-refractivity contribution in [2.75, 3.05) is 13.2 Å². The van der Waals surface area contributed by atoms with E-state index in [-0.39, 0.29) is 31.0 Å². The lowest BCUT2D eigenvalue weighted by Gasteiger charge is -2.13. The number of aliphatic hydroxyl groups excluding tert-OH is 1. The summed E-state index contributed by atoms with van der Waals surface area (Å²) >= 11 is 0. The molecule has 0 aromatic heterocycles. The molecular weight excluding hydrogens is 314 g/mol. The number of ether oxygens (including phenoxy) is 1. The van der Waals surface area contributed by atoms with E-state index in [4.69, 9.17) is 4.74 Å². The van der Waals surface area contributed by atoms with Gasteiger partial charge < -0.3 is 15.2 Å². The minimum absolute atomic E-state index is 0.0336. The molecule has 3 nitrogen and oxygen atoms in total. The molecule has 0 heterocycles. The molecule has 0 aliphatic rings. The summed E-state index contributed by atoms with van der Waals surface area (Å²) in [4.78, 5) is 0. The van der Waals surface area contributed by atoms with E-state index in [2.05, 4.69) is 5.32 Å². The van der Waals surface area contributed by atoms with Gasteiger partial charge in [-0.25, -0.2) is 17.6 Å². The van der Waals surface area contributed by atoms with Crippen molar-refractivity contribution in [1.82, 2.24) is 5.32 Å². The quantitative estimate of drug-likeness (QED) is 0.768. The monoisotopic (exact) mass is 329 g/mol. The van der Waals surface area contributed by atoms with Crippen molar-refractivity contribution in [2.24, 2.45) is 0 Å². The molecule has 0 aliphatic heterocycles. The Kier molecular flexibility index (Phi) is 5.95. The first-order valence-corrected chi connectivity index (χ1v) is 6.87. The molecule has 0 bridgehead atoms. The molecule has 23 heavy (non-hydrogen) atoms. The van der Waals surface area contributed by atoms with E-state index >= 15 is 0 Å². The summed E-state index contributed by atoms with van der Waals surface area (Å²) in [5.74, 6) is -3.83. The summed E-state index contributed by atoms with van der Waals surface area (Å²) in [5.41, 5.74) is 0.138. The van der Waals surface area contributed by atoms with Crippen LogP contribution in [0.25, 0.3) is 0 Å². The van der Waals surface area contributed by atoms with Crippen molar-refractivity contribution < 1.29 is 27.4 Å². The van der Waals surface area contributed by atoms with Crippen LogP contribution in [-0.4, -0.2) is 24.4 Å². The normalized spacial score (nSPS) is 12.2. The van der Waals surface area contributed by atoms with E-state index < -0.39 is 29.4 Å². The van der Waals surface area contributed by atoms with E-state index in [9.17, 15) is 22.7 Å². The van der Waals surface area contributed by atoms with Gasteiger partial charge in [0.25, 0.3) is 0 Å². The number of rotatable bonds is 7. The molecule has 1 unspecified atom stereocenters. The van der Waals surface area contributed by atoms with Gasteiger partial charge in [0.2, 0.25) is 0 Å². The Morgan fingerprint density at radius 3 is 2.52 bits per heavy atom. The van der Waals surface area contributed by atoms with Gasteiger partial charge in [0.1, 0.15) is 18.5 Å². The van der Waals surface area contributed by atoms with Crippen molar-refractivity contribution in [1.29, 1.82) is 0 Å². The largest absolute Gasteiger partial charge is 0.491 e. The minimum Gasteiger partial charge on any atom is -0.491 e. The lowest BCUT2D eigenvalue weighted by atomic mass is 10.2. The van der Waals surface area contributed by atoms with Gasteiger partial charge in [-0.2, -0.15) is 0 Å². The Bertz CT molecular complexity index is 667. The Hall–Kier alpha value is -2.12. The summed E-state index contributed by atoms with van der Waals surface area (Å²) in [5, 5.41) is 12.5. The molecule has 1 atom stereocenters. The fraction of sp³-hybridized carbons (Fsp3) is 0.250. The van der Waals surface area contributed by atoms with Gasteiger partial charge in [-0.15, -0.1) is 0 Å². The van der Waals surface area contributed by atoms with Crippen molar-refractivity contribution in [3.05, 3.63) is 65.2 Å². The van der Waals surface area contributed by atoms with Crippen LogP contribution in [0.5, 0.6) is 5.75 Å². The summed E-state index contributed by atoms with van der Waals surface area (Å²) in [7, 11) is 0. The van der Waals surface area contributed by atoms with Crippen molar-refractivity contribution in [3.8, 4) is 5.75 Å². The molecule has 0 fully saturated rings. The van der Waals surface area contributed by atoms with Crippen molar-refractivity contribution in [2.45, 2.75) is 12.6 Å². The van der Waals surface area contributed by atoms with Gasteiger partial charge >= 0.3 is 0 Å². The molecule has 2 N–H and O–H groups in total. The molecule has 124 valence electrons. The van der Waals surface area contributed by atoms with Crippen LogP contribution >= 0.6 is 0 Å². The molecule has 2 aromatic rings. The van der Waals surface area contributed by atoms with E-state index in [0.717, 1.165) is 18.2 Å². The highest BCUT2D eigenvalue weighted by Gasteiger charge is 2.10. The highest BCUT2D eigenvalue weighted by atomic mass is 19.2. The average molecular weight is 329 g/mol. The van der Waals surface area contributed by atoms with Crippen molar-refractivity contribution in [3.63, 3.8) is 0 Å². The Morgan fingerprint density at radius 2 is 1.78 bits per heavy atom. The first kappa shape index (κ1) is 17.2. The van der Waals surface area contributed by atoms with Crippen LogP contribution in [0.1, 0.15) is 5.56 Å². The van der Waals surface area contributed by atoms with Gasteiger partial charge in [-0.05, 0) is 18.2 Å². The third-order valence-corrected chi connectivity index (χ3v) is 3.06. The van der Waals surface area contributed by atoms with E-state index in [1.165, 1.54) is 18.2 Å². The number of aliphatic hydroxyl groups is 1. The van der Waals surface area contributed by atoms with Crippen LogP contribution in [0.3, 0.4) is 0 Å². The summed E-state index contributed by atoms with van der Waals surface area (Å²) < 4.78 is 57.2. The smallest absolute Gasteiger partial charge is 0.163 e. The highest BCUT2D eigenvalue weighted by molar-refractivity contribution is 5.23. The molecule has 2 rings (SSSR count). The van der Waals surface area contributed by atoms with Crippen LogP contribution in [-0.2, 0) is 6.54 Å². The molecule has 0 saturated carbocycles. The van der Waals surface area contributed by atoms with Gasteiger partial charge in [0, 0.05) is 24.7 Å². The third-order valence-electron chi connectivity index (χ3n) is 3.06. The zero-order valence-corrected chi connectivity index (χ0v) is 12.0. The van der Waals surface area contributed by atoms with Gasteiger partial charge in [-0.1, -0.05) is 12.1 Å². The lowest BCUT2D eigenvalue weighted by Crippen LogP contribution is -2.31. The van der Waals surface area contributed by atoms with Gasteiger partial charge in [0.05, 0.1) is 0 Å². The molecule has 7 heteroatoms. The topological polar surface area (TPSA) is 41.5 Å². The summed E-state index contributed by atoms with van der Waals surface area (Å²) in [6.45, 7) is -0.0742. The second-order valence-corrected chi connectivity index (χ2v) is 4.88. The molecule has 0 saturated heterocycles. The predicted molar refractivity (Wildman–Crippen MR) is 75.9 cm³/mol. The zero-order valence-electron chi connectivity index (χ0n) is 12.0. The van der Waals surface area contributed by atoms with E-state index in [1.54, 1.807) is 0 Å². The van der Waals surface area contributed by atoms with Crippen molar-refractivity contribution >= 4 is 0 Å². The minimum atomic E-state index is -1.04. The maximum atomic E-state index is 13.4. The highest BCUT2D eigenvalue weighted by Crippen LogP contribution is 2.15. The first-order chi connectivity index (χ1) is 11.0. The molecular formula is C16H15F4NO2. The third kappa shape index (κ3) is 4.94. The second kappa shape index (κ2) is 7.94. The first-order valence-electron chi connectivity index (χ1n) is 6.87. The van der Waals surface area contributed by atoms with Crippen LogP contribution < -0.4 is 10.1 Å². The maximum Gasteiger partial charge on any atom is 0.163 e. The fourth-order valence-electron chi connectivity index (χ4n) is 1.88. The van der Waals surface area contributed by atoms with E-state index in [1.807, 2.05) is 0 Å². The van der Waals surface area contributed by atoms with Gasteiger partial charge in [-0.3, -0.25) is 0 Å². The molecule has 0 aliphatic carbocycles. The number of hydrogen-bond acceptors (Lipinski definition) is 3. The SMILES string of the molecule is OC(CNCc1cccc(F)c1F)COc1ccc(F)c(F)c1. The predicted octanol–water partition coefficient (Wildman–Crippen LogP) is 2.77. The van der Waals surface area contributed by atoms with E-state index in [0.29, 0.717) is 0 Å². The standard InChI is InChI=1S/C16H15F4NO2/c17-13-5-4-12(6-15(13)19)23-9-11(22)8-21-7-10-2-1-3-14(18)16(10)20/h1-6,11,21-22H,7-9H2. The Labute approximate surface area is 130 Å². The maximum absolute atomic E-state index is 13.4. The average Bonchev–Trinajstić information content (AvgIpc) is 2.52. The Morgan fingerprint density at radius 1 is 1.00 bits per heavy atom. The molecule has 0 radical (unpaired) electrons. The number of halogens is 4. The summed E-state index contributed by atoms with van der Waals surface area (Å²) in [6.07, 6.45) is -0.959. The molecule has 2 aromatic carbocycles. The van der Waals surface area contributed by atoms with Gasteiger partial charge in [0.15, 0.2) is 23.3 Å². The summed E-state index contributed by atoms with van der Waals surface area (Å²) in [6, 6.07) is 6.86. The fourth-order valence-corrected chi connectivity index (χ4v) is 1.88. The zero-order chi connectivity index (χ0) is 16.8. The molecule has 0 spiro atoms. The van der Waals surface area contributed by atoms with Crippen LogP contribution in [0.4, 0.5) is 17.6 Å². The number of nitrogens with one attached hydrogen (secondary N) is 1. The van der Waals surface area contributed by atoms with Crippen LogP contribution in [0.2, 0.25) is 0 Å². The molecule has 0 amide bonds.